The molecule has 0 amide bonds. The molecule has 0 aliphatic carbocycles. The van der Waals surface area contributed by atoms with Crippen molar-refractivity contribution in [3.8, 4) is 11.4 Å². The number of ether oxygens (including phenoxy) is 1. The number of para-hydroxylation sites is 1. The molecule has 1 atom stereocenters. The maximum absolute atomic E-state index is 5.59. The van der Waals surface area contributed by atoms with E-state index in [1.807, 2.05) is 30.9 Å². The fourth-order valence-corrected chi connectivity index (χ4v) is 4.27. The largest absolute Gasteiger partial charge is 0.496 e. The molecule has 6 heteroatoms. The predicted molar refractivity (Wildman–Crippen MR) is 100 cm³/mol. The minimum Gasteiger partial charge on any atom is -0.496 e. The Balaban J connectivity index is 1.55. The summed E-state index contributed by atoms with van der Waals surface area (Å²) in [5.74, 6) is 0.964. The molecule has 1 saturated heterocycles. The fourth-order valence-electron chi connectivity index (χ4n) is 3.38. The first-order valence-electron chi connectivity index (χ1n) is 8.48. The predicted octanol–water partition coefficient (Wildman–Crippen LogP) is 3.09. The smallest absolute Gasteiger partial charge is 0.123 e. The van der Waals surface area contributed by atoms with Gasteiger partial charge in [0.25, 0.3) is 0 Å². The second-order valence-electron chi connectivity index (χ2n) is 6.17. The van der Waals surface area contributed by atoms with Gasteiger partial charge < -0.3 is 14.6 Å². The topological polar surface area (TPSA) is 42.3 Å². The molecule has 0 radical (unpaired) electrons. The van der Waals surface area contributed by atoms with Gasteiger partial charge in [0.15, 0.2) is 0 Å². The Morgan fingerprint density at radius 3 is 3.12 bits per heavy atom. The summed E-state index contributed by atoms with van der Waals surface area (Å²) in [7, 11) is 1.75. The van der Waals surface area contributed by atoms with E-state index < -0.39 is 0 Å². The van der Waals surface area contributed by atoms with Crippen LogP contribution in [0, 0.1) is 0 Å². The number of thiophene rings is 1. The molecule has 25 heavy (non-hydrogen) atoms. The van der Waals surface area contributed by atoms with E-state index >= 15 is 0 Å². The molecule has 3 aromatic rings. The second-order valence-corrected chi connectivity index (χ2v) is 7.17. The van der Waals surface area contributed by atoms with Gasteiger partial charge in [0, 0.05) is 54.4 Å². The molecule has 130 valence electrons. The average Bonchev–Trinajstić information content (AvgIpc) is 3.34. The first-order valence-corrected chi connectivity index (χ1v) is 9.36. The average molecular weight is 354 g/mol. The van der Waals surface area contributed by atoms with E-state index in [-0.39, 0.29) is 0 Å². The van der Waals surface area contributed by atoms with Crippen molar-refractivity contribution in [1.29, 1.82) is 0 Å². The van der Waals surface area contributed by atoms with Crippen molar-refractivity contribution in [2.75, 3.05) is 26.7 Å². The van der Waals surface area contributed by atoms with Crippen LogP contribution in [0.2, 0.25) is 0 Å². The molecular formula is C19H22N4OS. The summed E-state index contributed by atoms with van der Waals surface area (Å²) in [6, 6.07) is 10.9. The molecule has 5 nitrogen and oxygen atoms in total. The van der Waals surface area contributed by atoms with Gasteiger partial charge in [-0.3, -0.25) is 4.90 Å². The van der Waals surface area contributed by atoms with Crippen LogP contribution in [0.25, 0.3) is 5.69 Å². The lowest BCUT2D eigenvalue weighted by molar-refractivity contribution is 0.152. The maximum atomic E-state index is 5.59. The molecule has 1 unspecified atom stereocenters. The van der Waals surface area contributed by atoms with E-state index in [4.69, 9.17) is 4.74 Å². The number of nitrogens with one attached hydrogen (secondary N) is 1. The summed E-state index contributed by atoms with van der Waals surface area (Å²) in [6.07, 6.45) is 5.63. The highest BCUT2D eigenvalue weighted by molar-refractivity contribution is 7.10. The number of hydrogen-bond acceptors (Lipinski definition) is 5. The third-order valence-corrected chi connectivity index (χ3v) is 5.56. The molecule has 0 spiro atoms. The number of methoxy groups -OCH3 is 1. The Kier molecular flexibility index (Phi) is 4.83. The summed E-state index contributed by atoms with van der Waals surface area (Å²) < 4.78 is 7.64. The molecule has 4 rings (SSSR count). The van der Waals surface area contributed by atoms with E-state index in [0.717, 1.165) is 31.9 Å². The number of nitrogens with zero attached hydrogens (tertiary/aromatic N) is 3. The first-order chi connectivity index (χ1) is 12.3. The van der Waals surface area contributed by atoms with Gasteiger partial charge in [-0.05, 0) is 12.1 Å². The van der Waals surface area contributed by atoms with Crippen LogP contribution in [0.4, 0.5) is 0 Å². The Morgan fingerprint density at radius 1 is 1.36 bits per heavy atom. The van der Waals surface area contributed by atoms with Crippen LogP contribution in [-0.2, 0) is 6.54 Å². The number of hydrogen-bond donors (Lipinski definition) is 1. The Morgan fingerprint density at radius 2 is 2.28 bits per heavy atom. The summed E-state index contributed by atoms with van der Waals surface area (Å²) in [4.78, 5) is 8.04. The highest BCUT2D eigenvalue weighted by Gasteiger charge is 2.26. The monoisotopic (exact) mass is 354 g/mol. The molecule has 0 saturated carbocycles. The fraction of sp³-hybridized carbons (Fsp3) is 0.316. The van der Waals surface area contributed by atoms with Crippen molar-refractivity contribution < 1.29 is 4.74 Å². The second kappa shape index (κ2) is 7.39. The van der Waals surface area contributed by atoms with Crippen molar-refractivity contribution in [3.05, 3.63) is 64.9 Å². The van der Waals surface area contributed by atoms with Gasteiger partial charge in [-0.2, -0.15) is 0 Å². The van der Waals surface area contributed by atoms with Gasteiger partial charge in [-0.15, -0.1) is 11.3 Å². The van der Waals surface area contributed by atoms with Crippen molar-refractivity contribution >= 4 is 11.3 Å². The van der Waals surface area contributed by atoms with Gasteiger partial charge >= 0.3 is 0 Å². The number of piperazine rings is 1. The summed E-state index contributed by atoms with van der Waals surface area (Å²) in [5, 5.41) is 5.71. The SMILES string of the molecule is COc1ccccc1C1CNCCN1Cc1cc(-n2ccnc2)cs1. The quantitative estimate of drug-likeness (QED) is 0.765. The third-order valence-electron chi connectivity index (χ3n) is 4.65. The van der Waals surface area contributed by atoms with Crippen LogP contribution >= 0.6 is 11.3 Å². The summed E-state index contributed by atoms with van der Waals surface area (Å²) >= 11 is 1.81. The van der Waals surface area contributed by atoms with E-state index in [2.05, 4.69) is 43.3 Å². The molecule has 1 aromatic carbocycles. The van der Waals surface area contributed by atoms with Crippen LogP contribution in [-0.4, -0.2) is 41.2 Å². The highest BCUT2D eigenvalue weighted by atomic mass is 32.1. The maximum Gasteiger partial charge on any atom is 0.123 e. The zero-order valence-corrected chi connectivity index (χ0v) is 15.1. The normalized spacial score (nSPS) is 18.4. The van der Waals surface area contributed by atoms with Crippen molar-refractivity contribution in [1.82, 2.24) is 19.8 Å². The molecule has 1 aliphatic rings. The third kappa shape index (κ3) is 3.46. The number of imidazole rings is 1. The van der Waals surface area contributed by atoms with E-state index in [0.29, 0.717) is 6.04 Å². The molecule has 3 heterocycles. The van der Waals surface area contributed by atoms with Gasteiger partial charge in [-0.1, -0.05) is 18.2 Å². The van der Waals surface area contributed by atoms with Crippen molar-refractivity contribution in [2.24, 2.45) is 0 Å². The van der Waals surface area contributed by atoms with Crippen molar-refractivity contribution in [3.63, 3.8) is 0 Å². The molecule has 0 bridgehead atoms. The molecule has 1 N–H and O–H groups in total. The standard InChI is InChI=1S/C19H22N4OS/c1-24-19-5-3-2-4-17(19)18-11-20-6-8-22(18)12-16-10-15(13-25-16)23-9-7-21-14-23/h2-5,7,9-10,13-14,18,20H,6,8,11-12H2,1H3. The van der Waals surface area contributed by atoms with Crippen LogP contribution in [0.3, 0.4) is 0 Å². The van der Waals surface area contributed by atoms with Crippen LogP contribution in [0.1, 0.15) is 16.5 Å². The first kappa shape index (κ1) is 16.3. The Bertz CT molecular complexity index is 814. The van der Waals surface area contributed by atoms with E-state index in [1.165, 1.54) is 16.1 Å². The van der Waals surface area contributed by atoms with Gasteiger partial charge in [0.2, 0.25) is 0 Å². The zero-order chi connectivity index (χ0) is 17.1. The molecular weight excluding hydrogens is 332 g/mol. The summed E-state index contributed by atoms with van der Waals surface area (Å²) in [6.45, 7) is 3.94. The minimum atomic E-state index is 0.323. The van der Waals surface area contributed by atoms with Crippen LogP contribution in [0.5, 0.6) is 5.75 Å². The number of rotatable bonds is 5. The summed E-state index contributed by atoms with van der Waals surface area (Å²) in [5.41, 5.74) is 2.44. The number of benzene rings is 1. The van der Waals surface area contributed by atoms with Gasteiger partial charge in [-0.25, -0.2) is 4.98 Å². The molecule has 1 fully saturated rings. The van der Waals surface area contributed by atoms with Crippen molar-refractivity contribution in [2.45, 2.75) is 12.6 Å². The lowest BCUT2D eigenvalue weighted by Crippen LogP contribution is -2.45. The van der Waals surface area contributed by atoms with Crippen LogP contribution < -0.4 is 10.1 Å². The van der Waals surface area contributed by atoms with Gasteiger partial charge in [0.05, 0.1) is 25.2 Å². The minimum absolute atomic E-state index is 0.323. The highest BCUT2D eigenvalue weighted by Crippen LogP contribution is 2.32. The lowest BCUT2D eigenvalue weighted by Gasteiger charge is -2.36. The zero-order valence-electron chi connectivity index (χ0n) is 14.3. The molecule has 2 aromatic heterocycles. The van der Waals surface area contributed by atoms with Gasteiger partial charge in [0.1, 0.15) is 5.75 Å². The van der Waals surface area contributed by atoms with E-state index in [1.54, 1.807) is 18.4 Å². The number of aromatic nitrogens is 2. The Hall–Kier alpha value is -2.15. The lowest BCUT2D eigenvalue weighted by atomic mass is 10.0. The Labute approximate surface area is 151 Å². The van der Waals surface area contributed by atoms with E-state index in [9.17, 15) is 0 Å². The van der Waals surface area contributed by atoms with Crippen LogP contribution in [0.15, 0.2) is 54.4 Å². The molecule has 1 aliphatic heterocycles.